The number of amides is 1. The maximum Gasteiger partial charge on any atom is 0.269 e. The summed E-state index contributed by atoms with van der Waals surface area (Å²) in [5, 5.41) is 18.1. The highest BCUT2D eigenvalue weighted by Gasteiger charge is 2.16. The maximum absolute atomic E-state index is 12.9. The van der Waals surface area contributed by atoms with E-state index in [1.54, 1.807) is 30.3 Å². The third kappa shape index (κ3) is 5.63. The van der Waals surface area contributed by atoms with E-state index < -0.39 is 20.7 Å². The quantitative estimate of drug-likeness (QED) is 0.248. The minimum absolute atomic E-state index is 0.0675. The normalized spacial score (nSPS) is 11.4. The summed E-state index contributed by atoms with van der Waals surface area (Å²) in [6.45, 7) is 0.498. The van der Waals surface area contributed by atoms with Gasteiger partial charge in [0.05, 0.1) is 34.9 Å². The van der Waals surface area contributed by atoms with Crippen LogP contribution in [0.5, 0.6) is 0 Å². The van der Waals surface area contributed by atoms with Gasteiger partial charge in [-0.2, -0.15) is 5.10 Å². The summed E-state index contributed by atoms with van der Waals surface area (Å²) in [6.07, 6.45) is 2.54. The van der Waals surface area contributed by atoms with E-state index in [0.29, 0.717) is 11.2 Å². The highest BCUT2D eigenvalue weighted by molar-refractivity contribution is 7.91. The van der Waals surface area contributed by atoms with Crippen molar-refractivity contribution < 1.29 is 18.1 Å². The highest BCUT2D eigenvalue weighted by atomic mass is 32.2. The van der Waals surface area contributed by atoms with Crippen LogP contribution in [0, 0.1) is 10.1 Å². The predicted octanol–water partition coefficient (Wildman–Crippen LogP) is 1.53. The predicted molar refractivity (Wildman–Crippen MR) is 130 cm³/mol. The van der Waals surface area contributed by atoms with Crippen molar-refractivity contribution in [2.75, 3.05) is 12.3 Å². The Morgan fingerprint density at radius 1 is 1.11 bits per heavy atom. The average molecular weight is 511 g/mol. The molecule has 0 aliphatic carbocycles. The third-order valence-electron chi connectivity index (χ3n) is 5.44. The molecule has 0 radical (unpaired) electrons. The van der Waals surface area contributed by atoms with E-state index in [9.17, 15) is 28.1 Å². The number of nitrogens with one attached hydrogen (secondary N) is 1. The van der Waals surface area contributed by atoms with Crippen LogP contribution < -0.4 is 10.9 Å². The molecule has 0 saturated heterocycles. The van der Waals surface area contributed by atoms with E-state index in [2.05, 4.69) is 15.4 Å². The molecule has 0 aliphatic rings. The fourth-order valence-corrected chi connectivity index (χ4v) is 4.86. The molecule has 12 nitrogen and oxygen atoms in total. The first-order valence-electron chi connectivity index (χ1n) is 10.9. The Balaban J connectivity index is 1.36. The van der Waals surface area contributed by atoms with Crippen LogP contribution in [0.25, 0.3) is 11.0 Å². The fraction of sp³-hybridized carbons (Fsp3) is 0.217. The van der Waals surface area contributed by atoms with Crippen LogP contribution in [0.1, 0.15) is 12.0 Å². The molecule has 0 atom stereocenters. The smallest absolute Gasteiger partial charge is 0.269 e. The second kappa shape index (κ2) is 10.5. The van der Waals surface area contributed by atoms with Gasteiger partial charge >= 0.3 is 0 Å². The molecule has 0 aliphatic heterocycles. The lowest BCUT2D eigenvalue weighted by atomic mass is 10.2. The molecule has 0 spiro atoms. The van der Waals surface area contributed by atoms with Crippen molar-refractivity contribution >= 4 is 32.5 Å². The van der Waals surface area contributed by atoms with Crippen LogP contribution in [0.4, 0.5) is 5.69 Å². The van der Waals surface area contributed by atoms with E-state index in [1.807, 2.05) is 0 Å². The van der Waals surface area contributed by atoms with E-state index in [1.165, 1.54) is 46.0 Å². The number of non-ortho nitro benzene ring substituents is 1. The Bertz CT molecular complexity index is 1580. The molecule has 4 rings (SSSR count). The van der Waals surface area contributed by atoms with Crippen molar-refractivity contribution in [3.05, 3.63) is 93.2 Å². The molecular weight excluding hydrogens is 488 g/mol. The van der Waals surface area contributed by atoms with Crippen molar-refractivity contribution in [1.29, 1.82) is 0 Å². The van der Waals surface area contributed by atoms with Crippen molar-refractivity contribution in [3.8, 4) is 0 Å². The SMILES string of the molecule is O=C(CCS(=O)(=O)c1ccccc1)NCCn1ncc2c(=O)n(Cc3cccc([N+](=O)[O-])c3)cnc21. The minimum Gasteiger partial charge on any atom is -0.354 e. The Morgan fingerprint density at radius 2 is 1.89 bits per heavy atom. The zero-order valence-electron chi connectivity index (χ0n) is 19.0. The molecule has 36 heavy (non-hydrogen) atoms. The molecule has 0 saturated carbocycles. The number of hydrogen-bond acceptors (Lipinski definition) is 8. The van der Waals surface area contributed by atoms with Gasteiger partial charge in [-0.05, 0) is 17.7 Å². The number of sulfone groups is 1. The second-order valence-corrected chi connectivity index (χ2v) is 10.1. The Labute approximate surface area is 205 Å². The number of carbonyl (C=O) groups excluding carboxylic acids is 1. The average Bonchev–Trinajstić information content (AvgIpc) is 3.29. The highest BCUT2D eigenvalue weighted by Crippen LogP contribution is 2.14. The fourth-order valence-electron chi connectivity index (χ4n) is 3.60. The van der Waals surface area contributed by atoms with Gasteiger partial charge in [-0.1, -0.05) is 30.3 Å². The second-order valence-electron chi connectivity index (χ2n) is 7.94. The van der Waals surface area contributed by atoms with Gasteiger partial charge in [0.25, 0.3) is 11.2 Å². The summed E-state index contributed by atoms with van der Waals surface area (Å²) < 4.78 is 27.4. The van der Waals surface area contributed by atoms with Crippen molar-refractivity contribution in [1.82, 2.24) is 24.6 Å². The van der Waals surface area contributed by atoms with Crippen LogP contribution in [0.2, 0.25) is 0 Å². The van der Waals surface area contributed by atoms with Crippen LogP contribution in [-0.2, 0) is 27.7 Å². The van der Waals surface area contributed by atoms with Gasteiger partial charge in [0.1, 0.15) is 11.7 Å². The number of nitro groups is 1. The van der Waals surface area contributed by atoms with Crippen LogP contribution >= 0.6 is 0 Å². The number of rotatable bonds is 10. The van der Waals surface area contributed by atoms with E-state index in [0.717, 1.165) is 0 Å². The van der Waals surface area contributed by atoms with Crippen LogP contribution in [0.15, 0.2) is 76.8 Å². The molecule has 2 heterocycles. The zero-order valence-corrected chi connectivity index (χ0v) is 19.8. The molecule has 4 aromatic rings. The number of aromatic nitrogens is 4. The molecular formula is C23H22N6O6S. The van der Waals surface area contributed by atoms with Gasteiger partial charge in [0, 0.05) is 25.1 Å². The molecule has 13 heteroatoms. The maximum atomic E-state index is 12.9. The number of benzene rings is 2. The van der Waals surface area contributed by atoms with Gasteiger partial charge in [-0.25, -0.2) is 18.1 Å². The number of hydrogen-bond donors (Lipinski definition) is 1. The summed E-state index contributed by atoms with van der Waals surface area (Å²) >= 11 is 0. The third-order valence-corrected chi connectivity index (χ3v) is 7.17. The van der Waals surface area contributed by atoms with Gasteiger partial charge in [0.2, 0.25) is 5.91 Å². The molecule has 0 fully saturated rings. The lowest BCUT2D eigenvalue weighted by Crippen LogP contribution is -2.29. The van der Waals surface area contributed by atoms with Crippen LogP contribution in [-0.4, -0.2) is 50.9 Å². The van der Waals surface area contributed by atoms with Crippen molar-refractivity contribution in [3.63, 3.8) is 0 Å². The summed E-state index contributed by atoms with van der Waals surface area (Å²) in [5.74, 6) is -0.725. The number of nitrogens with zero attached hydrogens (tertiary/aromatic N) is 5. The number of fused-ring (bicyclic) bond motifs is 1. The van der Waals surface area contributed by atoms with Gasteiger partial charge < -0.3 is 5.32 Å². The van der Waals surface area contributed by atoms with Gasteiger partial charge in [0.15, 0.2) is 15.5 Å². The first-order valence-corrected chi connectivity index (χ1v) is 12.6. The summed E-state index contributed by atoms with van der Waals surface area (Å²) in [4.78, 5) is 39.9. The Hall–Kier alpha value is -4.39. The van der Waals surface area contributed by atoms with E-state index >= 15 is 0 Å². The molecule has 1 amide bonds. The molecule has 0 unspecified atom stereocenters. The minimum atomic E-state index is -3.55. The summed E-state index contributed by atoms with van der Waals surface area (Å²) in [7, 11) is -3.55. The molecule has 1 N–H and O–H groups in total. The van der Waals surface area contributed by atoms with Crippen molar-refractivity contribution in [2.24, 2.45) is 0 Å². The Kier molecular flexibility index (Phi) is 7.20. The van der Waals surface area contributed by atoms with Gasteiger partial charge in [-0.15, -0.1) is 0 Å². The topological polar surface area (TPSA) is 159 Å². The number of carbonyl (C=O) groups is 1. The zero-order chi connectivity index (χ0) is 25.7. The van der Waals surface area contributed by atoms with E-state index in [-0.39, 0.29) is 53.3 Å². The van der Waals surface area contributed by atoms with Gasteiger partial charge in [-0.3, -0.25) is 24.3 Å². The molecule has 2 aromatic carbocycles. The molecule has 2 aromatic heterocycles. The summed E-state index contributed by atoms with van der Waals surface area (Å²) in [5.41, 5.74) is 0.489. The lowest BCUT2D eigenvalue weighted by molar-refractivity contribution is -0.384. The monoisotopic (exact) mass is 510 g/mol. The largest absolute Gasteiger partial charge is 0.354 e. The first-order chi connectivity index (χ1) is 17.2. The van der Waals surface area contributed by atoms with E-state index in [4.69, 9.17) is 0 Å². The summed E-state index contributed by atoms with van der Waals surface area (Å²) in [6, 6.07) is 13.9. The Morgan fingerprint density at radius 3 is 2.64 bits per heavy atom. The van der Waals surface area contributed by atoms with Crippen LogP contribution in [0.3, 0.4) is 0 Å². The van der Waals surface area contributed by atoms with Crippen molar-refractivity contribution in [2.45, 2.75) is 24.4 Å². The number of nitro benzene ring substituents is 1. The molecule has 0 bridgehead atoms. The first kappa shape index (κ1) is 24.7. The lowest BCUT2D eigenvalue weighted by Gasteiger charge is -2.08. The molecule has 186 valence electrons. The standard InChI is InChI=1S/C23H22N6O6S/c30-21(9-12-36(34,35)19-7-2-1-3-8-19)24-10-11-28-22-20(14-26-28)23(31)27(16-25-22)15-17-5-4-6-18(13-17)29(32)33/h1-8,13-14,16H,9-12,15H2,(H,24,30).